The maximum Gasteiger partial charge on any atom is 0.232 e. The summed E-state index contributed by atoms with van der Waals surface area (Å²) in [6.45, 7) is 2.25. The molecule has 1 aliphatic rings. The van der Waals surface area contributed by atoms with Gasteiger partial charge in [0.1, 0.15) is 11.5 Å². The van der Waals surface area contributed by atoms with Crippen molar-refractivity contribution < 1.29 is 32.4 Å². The lowest BCUT2D eigenvalue weighted by Gasteiger charge is -2.07. The van der Waals surface area contributed by atoms with Gasteiger partial charge < -0.3 is 28.7 Å². The predicted molar refractivity (Wildman–Crippen MR) is 121 cm³/mol. The lowest BCUT2D eigenvalue weighted by atomic mass is 10.2. The third-order valence-electron chi connectivity index (χ3n) is 5.04. The second-order valence-electron chi connectivity index (χ2n) is 7.28. The first-order valence-electron chi connectivity index (χ1n) is 10.2. The van der Waals surface area contributed by atoms with E-state index in [9.17, 15) is 9.00 Å². The van der Waals surface area contributed by atoms with Crippen LogP contribution in [0.4, 0.5) is 0 Å². The summed E-state index contributed by atoms with van der Waals surface area (Å²) in [7, 11) is 1.66. The fraction of sp³-hybridized carbons (Fsp3) is 0.304. The Morgan fingerprint density at radius 3 is 2.67 bits per heavy atom. The summed E-state index contributed by atoms with van der Waals surface area (Å²) >= 11 is 0. The Balaban J connectivity index is 1.34. The number of rotatable bonds is 9. The number of hydrogen-bond acceptors (Lipinski definition) is 8. The molecule has 174 valence electrons. The first-order chi connectivity index (χ1) is 16.0. The van der Waals surface area contributed by atoms with Crippen LogP contribution in [0.15, 0.2) is 40.8 Å². The summed E-state index contributed by atoms with van der Waals surface area (Å²) in [4.78, 5) is 16.7. The lowest BCUT2D eigenvalue weighted by Crippen LogP contribution is -2.28. The summed E-state index contributed by atoms with van der Waals surface area (Å²) in [6, 6.07) is 10.8. The maximum absolute atomic E-state index is 12.6. The molecule has 0 saturated carbocycles. The first-order valence-corrected chi connectivity index (χ1v) is 11.6. The Morgan fingerprint density at radius 1 is 1.09 bits per heavy atom. The number of fused-ring (bicyclic) bond motifs is 1. The molecule has 1 aliphatic heterocycles. The summed E-state index contributed by atoms with van der Waals surface area (Å²) < 4.78 is 39.5. The number of oxazole rings is 1. The van der Waals surface area contributed by atoms with E-state index in [4.69, 9.17) is 23.4 Å². The standard InChI is InChI=1S/C23H24N2O7S/c1-14-17(25-23(32-14)16-5-7-18(28-2)20(9-16)29-3)11-33(27)12-22(26)24-10-15-4-6-19-21(8-15)31-13-30-19/h4-9H,10-13H2,1-3H3,(H,24,26)/t33-/m0/s1. The van der Waals surface area contributed by atoms with Crippen LogP contribution in [-0.4, -0.2) is 41.9 Å². The van der Waals surface area contributed by atoms with Crippen LogP contribution in [0.25, 0.3) is 11.5 Å². The van der Waals surface area contributed by atoms with Gasteiger partial charge in [0.2, 0.25) is 18.6 Å². The molecule has 0 fully saturated rings. The molecule has 0 unspecified atom stereocenters. The fourth-order valence-corrected chi connectivity index (χ4v) is 4.38. The summed E-state index contributed by atoms with van der Waals surface area (Å²) in [5.41, 5.74) is 2.11. The Morgan fingerprint density at radius 2 is 1.88 bits per heavy atom. The normalized spacial score (nSPS) is 12.9. The van der Waals surface area contributed by atoms with E-state index in [0.717, 1.165) is 5.56 Å². The van der Waals surface area contributed by atoms with Crippen molar-refractivity contribution in [1.29, 1.82) is 0 Å². The highest BCUT2D eigenvalue weighted by molar-refractivity contribution is 7.84. The highest BCUT2D eigenvalue weighted by atomic mass is 32.2. The zero-order valence-corrected chi connectivity index (χ0v) is 19.3. The van der Waals surface area contributed by atoms with Gasteiger partial charge in [0, 0.05) is 22.9 Å². The maximum atomic E-state index is 12.6. The highest BCUT2D eigenvalue weighted by Gasteiger charge is 2.18. The molecule has 2 heterocycles. The molecular formula is C23H24N2O7S. The number of nitrogens with zero attached hydrogens (tertiary/aromatic N) is 1. The first kappa shape index (κ1) is 22.7. The van der Waals surface area contributed by atoms with Gasteiger partial charge in [0.05, 0.1) is 25.7 Å². The van der Waals surface area contributed by atoms with Gasteiger partial charge in [-0.1, -0.05) is 6.07 Å². The SMILES string of the molecule is COc1ccc(-c2nc(C[S@](=O)CC(=O)NCc3ccc4c(c3)OCO4)c(C)o2)cc1OC. The Labute approximate surface area is 193 Å². The molecule has 33 heavy (non-hydrogen) atoms. The van der Waals surface area contributed by atoms with E-state index in [0.29, 0.717) is 52.5 Å². The third kappa shape index (κ3) is 5.28. The van der Waals surface area contributed by atoms with Gasteiger partial charge in [-0.2, -0.15) is 0 Å². The van der Waals surface area contributed by atoms with Gasteiger partial charge in [-0.3, -0.25) is 9.00 Å². The lowest BCUT2D eigenvalue weighted by molar-refractivity contribution is -0.118. The number of carbonyl (C=O) groups excluding carboxylic acids is 1. The van der Waals surface area contributed by atoms with Gasteiger partial charge in [-0.25, -0.2) is 4.98 Å². The molecule has 10 heteroatoms. The number of amides is 1. The van der Waals surface area contributed by atoms with Crippen LogP contribution in [0.3, 0.4) is 0 Å². The molecule has 1 aromatic heterocycles. The highest BCUT2D eigenvalue weighted by Crippen LogP contribution is 2.33. The summed E-state index contributed by atoms with van der Waals surface area (Å²) in [5.74, 6) is 3.07. The van der Waals surface area contributed by atoms with Crippen molar-refractivity contribution in [3.05, 3.63) is 53.4 Å². The largest absolute Gasteiger partial charge is 0.493 e. The number of ether oxygens (including phenoxy) is 4. The predicted octanol–water partition coefficient (Wildman–Crippen LogP) is 2.96. The molecule has 0 spiro atoms. The number of benzene rings is 2. The van der Waals surface area contributed by atoms with E-state index in [-0.39, 0.29) is 24.2 Å². The smallest absolute Gasteiger partial charge is 0.232 e. The van der Waals surface area contributed by atoms with Crippen molar-refractivity contribution in [1.82, 2.24) is 10.3 Å². The van der Waals surface area contributed by atoms with E-state index in [1.165, 1.54) is 0 Å². The summed E-state index contributed by atoms with van der Waals surface area (Å²) in [6.07, 6.45) is 0. The van der Waals surface area contributed by atoms with Crippen LogP contribution in [0.1, 0.15) is 17.0 Å². The number of methoxy groups -OCH3 is 2. The van der Waals surface area contributed by atoms with E-state index in [1.54, 1.807) is 45.4 Å². The number of carbonyl (C=O) groups is 1. The monoisotopic (exact) mass is 472 g/mol. The topological polar surface area (TPSA) is 109 Å². The third-order valence-corrected chi connectivity index (χ3v) is 6.22. The molecule has 0 bridgehead atoms. The zero-order chi connectivity index (χ0) is 23.4. The second kappa shape index (κ2) is 9.95. The summed E-state index contributed by atoms with van der Waals surface area (Å²) in [5, 5.41) is 2.78. The van der Waals surface area contributed by atoms with Crippen molar-refractivity contribution in [3.8, 4) is 34.5 Å². The molecule has 0 radical (unpaired) electrons. The molecule has 0 saturated heterocycles. The van der Waals surface area contributed by atoms with Crippen molar-refractivity contribution in [2.45, 2.75) is 19.2 Å². The van der Waals surface area contributed by atoms with E-state index in [2.05, 4.69) is 10.3 Å². The van der Waals surface area contributed by atoms with Crippen LogP contribution in [0.5, 0.6) is 23.0 Å². The molecule has 1 N–H and O–H groups in total. The Kier molecular flexibility index (Phi) is 6.83. The van der Waals surface area contributed by atoms with E-state index >= 15 is 0 Å². The minimum atomic E-state index is -1.45. The quantitative estimate of drug-likeness (QED) is 0.506. The molecule has 1 atom stereocenters. The average Bonchev–Trinajstić information content (AvgIpc) is 3.43. The molecule has 1 amide bonds. The number of aromatic nitrogens is 1. The van der Waals surface area contributed by atoms with Crippen molar-refractivity contribution >= 4 is 16.7 Å². The van der Waals surface area contributed by atoms with Crippen LogP contribution in [-0.2, 0) is 27.9 Å². The van der Waals surface area contributed by atoms with Gasteiger partial charge in [0.15, 0.2) is 23.0 Å². The van der Waals surface area contributed by atoms with Gasteiger partial charge in [0.25, 0.3) is 0 Å². The Hall–Kier alpha value is -3.53. The van der Waals surface area contributed by atoms with Crippen LogP contribution in [0, 0.1) is 6.92 Å². The number of aryl methyl sites for hydroxylation is 1. The van der Waals surface area contributed by atoms with Gasteiger partial charge in [-0.05, 0) is 42.8 Å². The van der Waals surface area contributed by atoms with Crippen LogP contribution < -0.4 is 24.3 Å². The fourth-order valence-electron chi connectivity index (χ4n) is 3.31. The average molecular weight is 473 g/mol. The number of hydrogen-bond donors (Lipinski definition) is 1. The van der Waals surface area contributed by atoms with Crippen LogP contribution >= 0.6 is 0 Å². The van der Waals surface area contributed by atoms with Gasteiger partial charge in [-0.15, -0.1) is 0 Å². The minimum Gasteiger partial charge on any atom is -0.493 e. The minimum absolute atomic E-state index is 0.111. The molecular weight excluding hydrogens is 448 g/mol. The molecule has 0 aliphatic carbocycles. The van der Waals surface area contributed by atoms with Crippen molar-refractivity contribution in [2.24, 2.45) is 0 Å². The zero-order valence-electron chi connectivity index (χ0n) is 18.5. The van der Waals surface area contributed by atoms with Crippen LogP contribution in [0.2, 0.25) is 0 Å². The Bertz CT molecular complexity index is 1190. The van der Waals surface area contributed by atoms with E-state index < -0.39 is 10.8 Å². The number of nitrogens with one attached hydrogen (secondary N) is 1. The molecule has 9 nitrogen and oxygen atoms in total. The second-order valence-corrected chi connectivity index (χ2v) is 8.74. The molecule has 2 aromatic carbocycles. The van der Waals surface area contributed by atoms with Crippen molar-refractivity contribution in [3.63, 3.8) is 0 Å². The van der Waals surface area contributed by atoms with Crippen molar-refractivity contribution in [2.75, 3.05) is 26.8 Å². The van der Waals surface area contributed by atoms with E-state index in [1.807, 2.05) is 12.1 Å². The van der Waals surface area contributed by atoms with Gasteiger partial charge >= 0.3 is 0 Å². The molecule has 4 rings (SSSR count). The molecule has 3 aromatic rings.